The highest BCUT2D eigenvalue weighted by Gasteiger charge is 2.25. The summed E-state index contributed by atoms with van der Waals surface area (Å²) < 4.78 is 0. The van der Waals surface area contributed by atoms with Crippen LogP contribution in [0, 0.1) is 11.8 Å². The van der Waals surface area contributed by atoms with Gasteiger partial charge in [0.15, 0.2) is 5.78 Å². The molecule has 1 rings (SSSR count). The molecule has 0 radical (unpaired) electrons. The molecule has 0 aromatic carbocycles. The number of allylic oxidation sites excluding steroid dienone is 2. The first-order chi connectivity index (χ1) is 6.06. The summed E-state index contributed by atoms with van der Waals surface area (Å²) in [5, 5.41) is 0. The lowest BCUT2D eigenvalue weighted by Gasteiger charge is -2.27. The Hall–Kier alpha value is -0.590. The maximum absolute atomic E-state index is 11.7. The second-order valence-electron chi connectivity index (χ2n) is 4.45. The summed E-state index contributed by atoms with van der Waals surface area (Å²) >= 11 is 0. The highest BCUT2D eigenvalue weighted by Crippen LogP contribution is 2.32. The van der Waals surface area contributed by atoms with Gasteiger partial charge < -0.3 is 0 Å². The molecule has 1 atom stereocenters. The van der Waals surface area contributed by atoms with Crippen molar-refractivity contribution in [1.82, 2.24) is 0 Å². The lowest BCUT2D eigenvalue weighted by molar-refractivity contribution is -0.117. The second-order valence-corrected chi connectivity index (χ2v) is 4.45. The third-order valence-electron chi connectivity index (χ3n) is 3.16. The van der Waals surface area contributed by atoms with Crippen molar-refractivity contribution in [3.05, 3.63) is 11.1 Å². The highest BCUT2D eigenvalue weighted by molar-refractivity contribution is 5.97. The molecule has 0 bridgehead atoms. The van der Waals surface area contributed by atoms with Crippen molar-refractivity contribution in [2.24, 2.45) is 11.8 Å². The first-order valence-corrected chi connectivity index (χ1v) is 5.28. The van der Waals surface area contributed by atoms with Gasteiger partial charge in [-0.05, 0) is 37.2 Å². The summed E-state index contributed by atoms with van der Waals surface area (Å²) in [6, 6.07) is 0. The fourth-order valence-electron chi connectivity index (χ4n) is 2.16. The van der Waals surface area contributed by atoms with Crippen LogP contribution < -0.4 is 0 Å². The van der Waals surface area contributed by atoms with Crippen molar-refractivity contribution in [1.29, 1.82) is 0 Å². The number of carbonyl (C=O) groups excluding carboxylic acids is 1. The minimum Gasteiger partial charge on any atom is -0.295 e. The number of carbonyl (C=O) groups is 1. The summed E-state index contributed by atoms with van der Waals surface area (Å²) in [7, 11) is 0. The van der Waals surface area contributed by atoms with E-state index in [-0.39, 0.29) is 0 Å². The van der Waals surface area contributed by atoms with Crippen LogP contribution >= 0.6 is 0 Å². The molecular formula is C12H20O. The Morgan fingerprint density at radius 2 is 2.00 bits per heavy atom. The number of Topliss-reactive ketones (excluding diaryl/α,β-unsaturated/α-hetero) is 1. The molecule has 0 N–H and O–H groups in total. The van der Waals surface area contributed by atoms with Crippen molar-refractivity contribution >= 4 is 5.78 Å². The smallest absolute Gasteiger partial charge is 0.159 e. The zero-order valence-corrected chi connectivity index (χ0v) is 9.18. The van der Waals surface area contributed by atoms with E-state index in [9.17, 15) is 4.79 Å². The lowest BCUT2D eigenvalue weighted by Crippen LogP contribution is -2.21. The average molecular weight is 180 g/mol. The molecule has 74 valence electrons. The van der Waals surface area contributed by atoms with E-state index >= 15 is 0 Å². The van der Waals surface area contributed by atoms with Crippen molar-refractivity contribution in [3.8, 4) is 0 Å². The first kappa shape index (κ1) is 10.5. The maximum atomic E-state index is 11.7. The average Bonchev–Trinajstić information content (AvgIpc) is 2.03. The van der Waals surface area contributed by atoms with Crippen LogP contribution in [0.25, 0.3) is 0 Å². The van der Waals surface area contributed by atoms with Crippen LogP contribution in [-0.4, -0.2) is 5.78 Å². The third kappa shape index (κ3) is 2.20. The molecule has 0 aliphatic heterocycles. The summed E-state index contributed by atoms with van der Waals surface area (Å²) in [5.74, 6) is 1.62. The van der Waals surface area contributed by atoms with Crippen LogP contribution in [0.4, 0.5) is 0 Å². The molecule has 0 fully saturated rings. The van der Waals surface area contributed by atoms with Crippen LogP contribution in [0.1, 0.15) is 47.0 Å². The second kappa shape index (κ2) is 4.08. The van der Waals surface area contributed by atoms with E-state index in [0.717, 1.165) is 24.8 Å². The van der Waals surface area contributed by atoms with Gasteiger partial charge in [-0.3, -0.25) is 4.79 Å². The molecule has 1 unspecified atom stereocenters. The Morgan fingerprint density at radius 1 is 1.38 bits per heavy atom. The Bertz CT molecular complexity index is 236. The van der Waals surface area contributed by atoms with Crippen LogP contribution in [0.15, 0.2) is 11.1 Å². The Kier molecular flexibility index (Phi) is 3.29. The number of hydrogen-bond donors (Lipinski definition) is 0. The maximum Gasteiger partial charge on any atom is 0.159 e. The molecule has 1 aliphatic rings. The minimum absolute atomic E-state index is 0.393. The fraction of sp³-hybridized carbons (Fsp3) is 0.750. The summed E-state index contributed by atoms with van der Waals surface area (Å²) in [6.45, 7) is 8.61. The SMILES string of the molecule is CCC1=C(C)CC(C(C)C)CC1=O. The predicted molar refractivity (Wildman–Crippen MR) is 55.6 cm³/mol. The number of ketones is 1. The van der Waals surface area contributed by atoms with Crippen molar-refractivity contribution in [3.63, 3.8) is 0 Å². The number of hydrogen-bond acceptors (Lipinski definition) is 1. The lowest BCUT2D eigenvalue weighted by atomic mass is 9.77. The first-order valence-electron chi connectivity index (χ1n) is 5.28. The summed E-state index contributed by atoms with van der Waals surface area (Å²) in [6.07, 6.45) is 2.82. The van der Waals surface area contributed by atoms with Gasteiger partial charge in [0.05, 0.1) is 0 Å². The van der Waals surface area contributed by atoms with Gasteiger partial charge in [0.25, 0.3) is 0 Å². The zero-order valence-electron chi connectivity index (χ0n) is 9.18. The molecule has 0 spiro atoms. The summed E-state index contributed by atoms with van der Waals surface area (Å²) in [4.78, 5) is 11.7. The third-order valence-corrected chi connectivity index (χ3v) is 3.16. The molecule has 0 amide bonds. The van der Waals surface area contributed by atoms with Crippen LogP contribution in [-0.2, 0) is 4.79 Å². The van der Waals surface area contributed by atoms with Crippen LogP contribution in [0.2, 0.25) is 0 Å². The molecular weight excluding hydrogens is 160 g/mol. The van der Waals surface area contributed by atoms with E-state index in [1.54, 1.807) is 0 Å². The van der Waals surface area contributed by atoms with E-state index < -0.39 is 0 Å². The van der Waals surface area contributed by atoms with E-state index in [2.05, 4.69) is 27.7 Å². The fourth-order valence-corrected chi connectivity index (χ4v) is 2.16. The van der Waals surface area contributed by atoms with Crippen LogP contribution in [0.5, 0.6) is 0 Å². The van der Waals surface area contributed by atoms with Crippen molar-refractivity contribution < 1.29 is 4.79 Å². The number of rotatable bonds is 2. The largest absolute Gasteiger partial charge is 0.295 e. The topological polar surface area (TPSA) is 17.1 Å². The predicted octanol–water partition coefficient (Wildman–Crippen LogP) is 3.35. The van der Waals surface area contributed by atoms with Gasteiger partial charge >= 0.3 is 0 Å². The molecule has 0 aromatic heterocycles. The van der Waals surface area contributed by atoms with Gasteiger partial charge in [-0.15, -0.1) is 0 Å². The monoisotopic (exact) mass is 180 g/mol. The molecule has 1 heteroatoms. The standard InChI is InChI=1S/C12H20O/c1-5-11-9(4)6-10(8(2)3)7-12(11)13/h8,10H,5-7H2,1-4H3. The van der Waals surface area contributed by atoms with Gasteiger partial charge in [-0.2, -0.15) is 0 Å². The normalized spacial score (nSPS) is 24.4. The molecule has 1 nitrogen and oxygen atoms in total. The zero-order chi connectivity index (χ0) is 10.0. The van der Waals surface area contributed by atoms with Gasteiger partial charge in [-0.1, -0.05) is 26.3 Å². The van der Waals surface area contributed by atoms with Gasteiger partial charge in [0.2, 0.25) is 0 Å². The quantitative estimate of drug-likeness (QED) is 0.637. The molecule has 0 saturated heterocycles. The van der Waals surface area contributed by atoms with Crippen molar-refractivity contribution in [2.75, 3.05) is 0 Å². The van der Waals surface area contributed by atoms with E-state index in [1.165, 1.54) is 5.57 Å². The van der Waals surface area contributed by atoms with Crippen LogP contribution in [0.3, 0.4) is 0 Å². The molecule has 1 aliphatic carbocycles. The Labute approximate surface area is 81.2 Å². The van der Waals surface area contributed by atoms with Gasteiger partial charge in [0, 0.05) is 6.42 Å². The molecule has 0 aromatic rings. The molecule has 0 heterocycles. The van der Waals surface area contributed by atoms with E-state index in [0.29, 0.717) is 17.6 Å². The van der Waals surface area contributed by atoms with E-state index in [1.807, 2.05) is 0 Å². The minimum atomic E-state index is 0.393. The molecule has 0 saturated carbocycles. The molecule has 13 heavy (non-hydrogen) atoms. The van der Waals surface area contributed by atoms with E-state index in [4.69, 9.17) is 0 Å². The van der Waals surface area contributed by atoms with Gasteiger partial charge in [-0.25, -0.2) is 0 Å². The highest BCUT2D eigenvalue weighted by atomic mass is 16.1. The van der Waals surface area contributed by atoms with Crippen molar-refractivity contribution in [2.45, 2.75) is 47.0 Å². The Morgan fingerprint density at radius 3 is 2.38 bits per heavy atom. The summed E-state index contributed by atoms with van der Waals surface area (Å²) in [5.41, 5.74) is 2.43. The Balaban J connectivity index is 2.81. The van der Waals surface area contributed by atoms with Gasteiger partial charge in [0.1, 0.15) is 0 Å².